The number of esters is 1. The Labute approximate surface area is 188 Å². The Bertz CT molecular complexity index is 1130. The van der Waals surface area contributed by atoms with E-state index in [9.17, 15) is 9.59 Å². The predicted molar refractivity (Wildman–Crippen MR) is 124 cm³/mol. The fourth-order valence-electron chi connectivity index (χ4n) is 4.52. The molecule has 0 unspecified atom stereocenters. The minimum absolute atomic E-state index is 0.0608. The van der Waals surface area contributed by atoms with Crippen LogP contribution in [0.5, 0.6) is 5.75 Å². The topological polar surface area (TPSA) is 68.4 Å². The van der Waals surface area contributed by atoms with Crippen LogP contribution in [0.15, 0.2) is 48.5 Å². The molecule has 1 N–H and O–H groups in total. The Morgan fingerprint density at radius 1 is 1.03 bits per heavy atom. The lowest BCUT2D eigenvalue weighted by Gasteiger charge is -2.22. The van der Waals surface area contributed by atoms with E-state index in [1.165, 1.54) is 0 Å². The number of hydrogen-bond acceptors (Lipinski definition) is 4. The van der Waals surface area contributed by atoms with Crippen molar-refractivity contribution in [3.05, 3.63) is 87.7 Å². The number of carbonyl (C=O) groups is 2. The van der Waals surface area contributed by atoms with Gasteiger partial charge in [0.15, 0.2) is 5.78 Å². The Morgan fingerprint density at radius 2 is 1.78 bits per heavy atom. The van der Waals surface area contributed by atoms with Crippen LogP contribution in [0.25, 0.3) is 0 Å². The van der Waals surface area contributed by atoms with Crippen molar-refractivity contribution in [1.82, 2.24) is 4.98 Å². The summed E-state index contributed by atoms with van der Waals surface area (Å²) in [4.78, 5) is 29.3. The number of ketones is 1. The van der Waals surface area contributed by atoms with Gasteiger partial charge in [-0.15, -0.1) is 0 Å². The second-order valence-corrected chi connectivity index (χ2v) is 8.19. The minimum atomic E-state index is -0.407. The molecule has 0 spiro atoms. The van der Waals surface area contributed by atoms with Crippen molar-refractivity contribution in [1.29, 1.82) is 0 Å². The molecule has 0 saturated heterocycles. The molecule has 2 aromatic carbocycles. The molecule has 5 nitrogen and oxygen atoms in total. The Hall–Kier alpha value is -3.34. The van der Waals surface area contributed by atoms with E-state index in [0.29, 0.717) is 37.1 Å². The highest BCUT2D eigenvalue weighted by Gasteiger charge is 2.33. The van der Waals surface area contributed by atoms with Crippen LogP contribution in [0.4, 0.5) is 0 Å². The van der Waals surface area contributed by atoms with Gasteiger partial charge in [-0.25, -0.2) is 4.79 Å². The summed E-state index contributed by atoms with van der Waals surface area (Å²) in [6.45, 7) is 6.69. The van der Waals surface area contributed by atoms with Crippen LogP contribution in [0.1, 0.15) is 75.0 Å². The van der Waals surface area contributed by atoms with Crippen molar-refractivity contribution in [2.75, 3.05) is 13.2 Å². The van der Waals surface area contributed by atoms with Crippen molar-refractivity contribution < 1.29 is 19.1 Å². The third kappa shape index (κ3) is 4.33. The van der Waals surface area contributed by atoms with Gasteiger partial charge >= 0.3 is 5.97 Å². The second kappa shape index (κ2) is 9.43. The van der Waals surface area contributed by atoms with Crippen LogP contribution in [-0.2, 0) is 17.6 Å². The molecule has 1 aliphatic rings. The number of rotatable bonds is 7. The fraction of sp³-hybridized carbons (Fsp3) is 0.333. The van der Waals surface area contributed by atoms with E-state index < -0.39 is 5.97 Å². The summed E-state index contributed by atoms with van der Waals surface area (Å²) in [5.41, 5.74) is 5.98. The van der Waals surface area contributed by atoms with Gasteiger partial charge < -0.3 is 14.5 Å². The zero-order valence-electron chi connectivity index (χ0n) is 18.9. The van der Waals surface area contributed by atoms with Gasteiger partial charge in [-0.2, -0.15) is 0 Å². The minimum Gasteiger partial charge on any atom is -0.494 e. The van der Waals surface area contributed by atoms with Gasteiger partial charge in [-0.3, -0.25) is 4.79 Å². The highest BCUT2D eigenvalue weighted by Crippen LogP contribution is 2.37. The maximum atomic E-state index is 13.3. The summed E-state index contributed by atoms with van der Waals surface area (Å²) in [6, 6.07) is 16.0. The normalized spacial score (nSPS) is 15.3. The van der Waals surface area contributed by atoms with E-state index in [-0.39, 0.29) is 18.3 Å². The van der Waals surface area contributed by atoms with Gasteiger partial charge in [0, 0.05) is 24.1 Å². The number of aromatic amines is 1. The molecule has 1 aromatic heterocycles. The van der Waals surface area contributed by atoms with Crippen molar-refractivity contribution >= 4 is 11.8 Å². The maximum Gasteiger partial charge on any atom is 0.355 e. The van der Waals surface area contributed by atoms with Crippen LogP contribution >= 0.6 is 0 Å². The first kappa shape index (κ1) is 21.9. The molecule has 0 amide bonds. The first-order valence-electron chi connectivity index (χ1n) is 11.2. The maximum absolute atomic E-state index is 13.3. The van der Waals surface area contributed by atoms with Crippen molar-refractivity contribution in [3.8, 4) is 5.75 Å². The van der Waals surface area contributed by atoms with E-state index in [4.69, 9.17) is 9.47 Å². The van der Waals surface area contributed by atoms with Crippen LogP contribution < -0.4 is 4.74 Å². The first-order chi connectivity index (χ1) is 15.5. The molecule has 4 rings (SSSR count). The summed E-state index contributed by atoms with van der Waals surface area (Å²) in [6.07, 6.45) is 1.61. The average molecular weight is 432 g/mol. The predicted octanol–water partition coefficient (Wildman–Crippen LogP) is 5.40. The van der Waals surface area contributed by atoms with Crippen molar-refractivity contribution in [2.45, 2.75) is 46.0 Å². The molecule has 1 heterocycles. The van der Waals surface area contributed by atoms with Gasteiger partial charge in [0.25, 0.3) is 0 Å². The van der Waals surface area contributed by atoms with Crippen LogP contribution in [-0.4, -0.2) is 30.0 Å². The average Bonchev–Trinajstić information content (AvgIpc) is 3.15. The number of H-pyrrole nitrogens is 1. The van der Waals surface area contributed by atoms with Gasteiger partial charge in [0.2, 0.25) is 0 Å². The number of nitrogens with one attached hydrogen (secondary N) is 1. The van der Waals surface area contributed by atoms with Crippen molar-refractivity contribution in [2.24, 2.45) is 0 Å². The Morgan fingerprint density at radius 3 is 2.47 bits per heavy atom. The molecule has 1 atom stereocenters. The summed E-state index contributed by atoms with van der Waals surface area (Å²) < 4.78 is 10.8. The number of benzene rings is 2. The molecule has 0 fully saturated rings. The molecule has 166 valence electrons. The van der Waals surface area contributed by atoms with E-state index in [1.807, 2.05) is 62.4 Å². The summed E-state index contributed by atoms with van der Waals surface area (Å²) in [5.74, 6) is 0.547. The molecule has 0 saturated carbocycles. The zero-order chi connectivity index (χ0) is 22.7. The van der Waals surface area contributed by atoms with Crippen LogP contribution in [0.2, 0.25) is 0 Å². The fourth-order valence-corrected chi connectivity index (χ4v) is 4.52. The summed E-state index contributed by atoms with van der Waals surface area (Å²) in [5, 5.41) is 0. The number of Topliss-reactive ketones (excluding diaryl/α,β-unsaturated/α-hetero) is 1. The van der Waals surface area contributed by atoms with E-state index in [2.05, 4.69) is 4.98 Å². The Balaban J connectivity index is 1.70. The number of ether oxygens (including phenoxy) is 2. The zero-order valence-corrected chi connectivity index (χ0v) is 18.9. The molecule has 32 heavy (non-hydrogen) atoms. The molecule has 0 radical (unpaired) electrons. The van der Waals surface area contributed by atoms with Gasteiger partial charge in [-0.05, 0) is 67.5 Å². The van der Waals surface area contributed by atoms with Crippen LogP contribution in [0, 0.1) is 6.92 Å². The van der Waals surface area contributed by atoms with Crippen molar-refractivity contribution in [3.63, 3.8) is 0 Å². The number of aromatic nitrogens is 1. The van der Waals surface area contributed by atoms with E-state index >= 15 is 0 Å². The first-order valence-corrected chi connectivity index (χ1v) is 11.2. The summed E-state index contributed by atoms with van der Waals surface area (Å²) >= 11 is 0. The Kier molecular flexibility index (Phi) is 6.45. The molecule has 0 bridgehead atoms. The third-order valence-electron chi connectivity index (χ3n) is 6.11. The molecule has 5 heteroatoms. The number of fused-ring (bicyclic) bond motifs is 1. The second-order valence-electron chi connectivity index (χ2n) is 8.19. The number of aryl methyl sites for hydroxylation is 1. The van der Waals surface area contributed by atoms with Gasteiger partial charge in [-0.1, -0.05) is 36.4 Å². The lowest BCUT2D eigenvalue weighted by molar-refractivity contribution is 0.0519. The molecule has 3 aromatic rings. The van der Waals surface area contributed by atoms with Crippen LogP contribution in [0.3, 0.4) is 0 Å². The monoisotopic (exact) mass is 431 g/mol. The lowest BCUT2D eigenvalue weighted by atomic mass is 9.80. The SMILES string of the molecule is CCOC(=O)c1[nH]c2c(c1Cc1ccccc1C)C(=O)C[C@H](c1ccc(OCC)cc1)C2. The van der Waals surface area contributed by atoms with E-state index in [0.717, 1.165) is 33.7 Å². The number of carbonyl (C=O) groups excluding carboxylic acids is 2. The third-order valence-corrected chi connectivity index (χ3v) is 6.11. The smallest absolute Gasteiger partial charge is 0.355 e. The highest BCUT2D eigenvalue weighted by atomic mass is 16.5. The standard InChI is InChI=1S/C27H29NO4/c1-4-31-21-12-10-18(11-13-21)20-15-23-25(24(29)16-20)22(26(28-23)27(30)32-5-2)14-19-9-7-6-8-17(19)3/h6-13,20,28H,4-5,14-16H2,1-3H3/t20-/m1/s1. The number of hydrogen-bond donors (Lipinski definition) is 1. The van der Waals surface area contributed by atoms with E-state index in [1.54, 1.807) is 6.92 Å². The summed E-state index contributed by atoms with van der Waals surface area (Å²) in [7, 11) is 0. The molecular formula is C27H29NO4. The lowest BCUT2D eigenvalue weighted by Crippen LogP contribution is -2.19. The van der Waals surface area contributed by atoms with Gasteiger partial charge in [0.1, 0.15) is 11.4 Å². The largest absolute Gasteiger partial charge is 0.494 e. The highest BCUT2D eigenvalue weighted by molar-refractivity contribution is 6.04. The van der Waals surface area contributed by atoms with Gasteiger partial charge in [0.05, 0.1) is 13.2 Å². The quantitative estimate of drug-likeness (QED) is 0.509. The molecule has 1 aliphatic carbocycles. The molecule has 0 aliphatic heterocycles. The molecular weight excluding hydrogens is 402 g/mol.